The van der Waals surface area contributed by atoms with Crippen LogP contribution in [0.2, 0.25) is 0 Å². The van der Waals surface area contributed by atoms with Gasteiger partial charge in [-0.2, -0.15) is 0 Å². The number of nitro benzene ring substituents is 1. The smallest absolute Gasteiger partial charge is 0.291 e. The molecule has 1 aromatic heterocycles. The van der Waals surface area contributed by atoms with E-state index in [2.05, 4.69) is 5.32 Å². The zero-order valence-electron chi connectivity index (χ0n) is 14.6. The van der Waals surface area contributed by atoms with E-state index in [1.54, 1.807) is 36.4 Å². The lowest BCUT2D eigenvalue weighted by atomic mass is 10.1. The molecule has 0 radical (unpaired) electrons. The fourth-order valence-electron chi connectivity index (χ4n) is 2.47. The third-order valence-electron chi connectivity index (χ3n) is 3.83. The maximum Gasteiger partial charge on any atom is 0.291 e. The number of anilines is 1. The average Bonchev–Trinajstić information content (AvgIpc) is 3.18. The van der Waals surface area contributed by atoms with Crippen molar-refractivity contribution in [3.63, 3.8) is 0 Å². The first kappa shape index (κ1) is 18.0. The third kappa shape index (κ3) is 3.90. The molecular weight excluding hydrogens is 352 g/mol. The molecule has 8 nitrogen and oxygen atoms in total. The Morgan fingerprint density at radius 2 is 1.89 bits per heavy atom. The summed E-state index contributed by atoms with van der Waals surface area (Å²) < 4.78 is 15.9. The number of rotatable bonds is 6. The molecule has 0 aliphatic heterocycles. The number of methoxy groups -OCH3 is 2. The zero-order valence-corrected chi connectivity index (χ0v) is 14.6. The quantitative estimate of drug-likeness (QED) is 0.518. The predicted molar refractivity (Wildman–Crippen MR) is 98.3 cm³/mol. The van der Waals surface area contributed by atoms with Crippen LogP contribution in [0.5, 0.6) is 11.5 Å². The molecule has 0 bridgehead atoms. The summed E-state index contributed by atoms with van der Waals surface area (Å²) in [4.78, 5) is 22.9. The maximum atomic E-state index is 12.5. The van der Waals surface area contributed by atoms with Gasteiger partial charge >= 0.3 is 0 Å². The maximum absolute atomic E-state index is 12.5. The molecule has 2 aromatic carbocycles. The molecule has 1 N–H and O–H groups in total. The number of amides is 1. The van der Waals surface area contributed by atoms with Gasteiger partial charge in [-0.3, -0.25) is 14.9 Å². The molecule has 138 valence electrons. The van der Waals surface area contributed by atoms with Crippen LogP contribution in [0.3, 0.4) is 0 Å². The molecule has 1 amide bonds. The highest BCUT2D eigenvalue weighted by molar-refractivity contribution is 6.03. The molecule has 0 aliphatic carbocycles. The summed E-state index contributed by atoms with van der Waals surface area (Å²) in [7, 11) is 3.02. The van der Waals surface area contributed by atoms with Crippen LogP contribution in [0.1, 0.15) is 10.6 Å². The largest absolute Gasteiger partial charge is 0.497 e. The van der Waals surface area contributed by atoms with Gasteiger partial charge in [-0.1, -0.05) is 12.1 Å². The van der Waals surface area contributed by atoms with E-state index in [-0.39, 0.29) is 11.4 Å². The number of benzene rings is 2. The molecule has 0 saturated heterocycles. The monoisotopic (exact) mass is 368 g/mol. The summed E-state index contributed by atoms with van der Waals surface area (Å²) in [5.41, 5.74) is 0.903. The van der Waals surface area contributed by atoms with Crippen molar-refractivity contribution in [2.24, 2.45) is 0 Å². The molecule has 0 saturated carbocycles. The minimum Gasteiger partial charge on any atom is -0.497 e. The van der Waals surface area contributed by atoms with Crippen molar-refractivity contribution in [2.75, 3.05) is 19.5 Å². The average molecular weight is 368 g/mol. The summed E-state index contributed by atoms with van der Waals surface area (Å²) >= 11 is 0. The number of carbonyl (C=O) groups excluding carboxylic acids is 1. The molecule has 0 aliphatic rings. The van der Waals surface area contributed by atoms with Gasteiger partial charge in [0.2, 0.25) is 0 Å². The normalized spacial score (nSPS) is 10.3. The van der Waals surface area contributed by atoms with Gasteiger partial charge in [0.15, 0.2) is 5.76 Å². The van der Waals surface area contributed by atoms with Gasteiger partial charge < -0.3 is 19.2 Å². The first-order valence-corrected chi connectivity index (χ1v) is 7.90. The van der Waals surface area contributed by atoms with Gasteiger partial charge in [-0.15, -0.1) is 0 Å². The van der Waals surface area contributed by atoms with Crippen molar-refractivity contribution < 1.29 is 23.6 Å². The molecule has 8 heteroatoms. The molecule has 3 aromatic rings. The van der Waals surface area contributed by atoms with Crippen LogP contribution >= 0.6 is 0 Å². The molecule has 3 rings (SSSR count). The number of non-ortho nitro benzene ring substituents is 1. The highest BCUT2D eigenvalue weighted by Gasteiger charge is 2.16. The number of nitrogens with one attached hydrogen (secondary N) is 1. The number of nitrogens with zero attached hydrogens (tertiary/aromatic N) is 1. The Kier molecular flexibility index (Phi) is 5.07. The van der Waals surface area contributed by atoms with Crippen LogP contribution in [0.4, 0.5) is 11.4 Å². The van der Waals surface area contributed by atoms with E-state index in [1.807, 2.05) is 0 Å². The van der Waals surface area contributed by atoms with Gasteiger partial charge in [0, 0.05) is 23.8 Å². The SMILES string of the molecule is COc1ccc(NC(=O)c2ccc(-c3cccc([N+](=O)[O-])c3)o2)c(OC)c1. The van der Waals surface area contributed by atoms with Crippen LogP contribution in [-0.4, -0.2) is 25.1 Å². The number of carbonyl (C=O) groups is 1. The lowest BCUT2D eigenvalue weighted by Crippen LogP contribution is -2.11. The lowest BCUT2D eigenvalue weighted by molar-refractivity contribution is -0.384. The fourth-order valence-corrected chi connectivity index (χ4v) is 2.47. The number of ether oxygens (including phenoxy) is 2. The molecular formula is C19H16N2O6. The first-order valence-electron chi connectivity index (χ1n) is 7.90. The Morgan fingerprint density at radius 1 is 1.07 bits per heavy atom. The zero-order chi connectivity index (χ0) is 19.4. The van der Waals surface area contributed by atoms with Crippen molar-refractivity contribution in [2.45, 2.75) is 0 Å². The highest BCUT2D eigenvalue weighted by atomic mass is 16.6. The van der Waals surface area contributed by atoms with E-state index >= 15 is 0 Å². The van der Waals surface area contributed by atoms with E-state index in [0.29, 0.717) is 28.5 Å². The second-order valence-electron chi connectivity index (χ2n) is 5.49. The van der Waals surface area contributed by atoms with Crippen LogP contribution in [0.25, 0.3) is 11.3 Å². The summed E-state index contributed by atoms with van der Waals surface area (Å²) in [5.74, 6) is 0.971. The van der Waals surface area contributed by atoms with E-state index < -0.39 is 10.8 Å². The molecule has 27 heavy (non-hydrogen) atoms. The molecule has 1 heterocycles. The van der Waals surface area contributed by atoms with E-state index in [9.17, 15) is 14.9 Å². The van der Waals surface area contributed by atoms with Crippen molar-refractivity contribution >= 4 is 17.3 Å². The van der Waals surface area contributed by atoms with Crippen molar-refractivity contribution in [1.29, 1.82) is 0 Å². The standard InChI is InChI=1S/C19H16N2O6/c1-25-14-6-7-15(18(11-14)26-2)20-19(22)17-9-8-16(27-17)12-4-3-5-13(10-12)21(23)24/h3-11H,1-2H3,(H,20,22). The number of hydrogen-bond acceptors (Lipinski definition) is 6. The molecule has 0 fully saturated rings. The summed E-state index contributed by atoms with van der Waals surface area (Å²) in [6, 6.07) is 14.1. The van der Waals surface area contributed by atoms with E-state index in [4.69, 9.17) is 13.9 Å². The Balaban J connectivity index is 1.81. The van der Waals surface area contributed by atoms with Crippen LogP contribution < -0.4 is 14.8 Å². The summed E-state index contributed by atoms with van der Waals surface area (Å²) in [6.07, 6.45) is 0. The molecule has 0 atom stereocenters. The number of furan rings is 1. The Labute approximate surface area is 154 Å². The van der Waals surface area contributed by atoms with Crippen molar-refractivity contribution in [3.05, 3.63) is 70.5 Å². The van der Waals surface area contributed by atoms with Crippen LogP contribution in [0, 0.1) is 10.1 Å². The lowest BCUT2D eigenvalue weighted by Gasteiger charge is -2.10. The van der Waals surface area contributed by atoms with Gasteiger partial charge in [0.05, 0.1) is 24.8 Å². The second kappa shape index (κ2) is 7.61. The summed E-state index contributed by atoms with van der Waals surface area (Å²) in [6.45, 7) is 0. The number of nitro groups is 1. The Morgan fingerprint density at radius 3 is 2.59 bits per heavy atom. The first-order chi connectivity index (χ1) is 13.0. The van der Waals surface area contributed by atoms with Gasteiger partial charge in [0.25, 0.3) is 11.6 Å². The minimum absolute atomic E-state index is 0.0575. The number of hydrogen-bond donors (Lipinski definition) is 1. The van der Waals surface area contributed by atoms with Crippen molar-refractivity contribution in [3.8, 4) is 22.8 Å². The Bertz CT molecular complexity index is 995. The third-order valence-corrected chi connectivity index (χ3v) is 3.83. The van der Waals surface area contributed by atoms with Gasteiger partial charge in [-0.05, 0) is 24.3 Å². The minimum atomic E-state index is -0.490. The highest BCUT2D eigenvalue weighted by Crippen LogP contribution is 2.30. The fraction of sp³-hybridized carbons (Fsp3) is 0.105. The summed E-state index contributed by atoms with van der Waals surface area (Å²) in [5, 5.41) is 13.6. The molecule has 0 spiro atoms. The van der Waals surface area contributed by atoms with E-state index in [1.165, 1.54) is 32.4 Å². The van der Waals surface area contributed by atoms with E-state index in [0.717, 1.165) is 0 Å². The van der Waals surface area contributed by atoms with Crippen molar-refractivity contribution in [1.82, 2.24) is 0 Å². The van der Waals surface area contributed by atoms with Crippen LogP contribution in [-0.2, 0) is 0 Å². The topological polar surface area (TPSA) is 104 Å². The van der Waals surface area contributed by atoms with Gasteiger partial charge in [0.1, 0.15) is 17.3 Å². The Hall–Kier alpha value is -3.81. The molecule has 0 unspecified atom stereocenters. The second-order valence-corrected chi connectivity index (χ2v) is 5.49. The van der Waals surface area contributed by atoms with Gasteiger partial charge in [-0.25, -0.2) is 0 Å². The van der Waals surface area contributed by atoms with Crippen LogP contribution in [0.15, 0.2) is 59.0 Å². The predicted octanol–water partition coefficient (Wildman–Crippen LogP) is 4.12.